The van der Waals surface area contributed by atoms with Crippen molar-refractivity contribution < 1.29 is 17.9 Å². The molecule has 2 aromatic rings. The van der Waals surface area contributed by atoms with Crippen LogP contribution in [-0.2, 0) is 6.18 Å². The van der Waals surface area contributed by atoms with Crippen LogP contribution in [0.2, 0.25) is 0 Å². The van der Waals surface area contributed by atoms with Crippen LogP contribution in [0.5, 0.6) is 5.88 Å². The SMILES string of the molecule is CN(c1cccc(Br)c1)c1ncc(C(F)(F)F)c(OC2CCCCC2)n1. The molecule has 0 bridgehead atoms. The Morgan fingerprint density at radius 1 is 1.19 bits per heavy atom. The normalized spacial score (nSPS) is 15.7. The lowest BCUT2D eigenvalue weighted by molar-refractivity contribution is -0.140. The molecule has 4 nitrogen and oxygen atoms in total. The summed E-state index contributed by atoms with van der Waals surface area (Å²) in [5.41, 5.74) is -0.183. The van der Waals surface area contributed by atoms with Crippen LogP contribution in [0.1, 0.15) is 37.7 Å². The van der Waals surface area contributed by atoms with Gasteiger partial charge in [-0.1, -0.05) is 28.4 Å². The van der Waals surface area contributed by atoms with Gasteiger partial charge in [-0.2, -0.15) is 18.2 Å². The molecule has 3 rings (SSSR count). The Morgan fingerprint density at radius 3 is 2.58 bits per heavy atom. The van der Waals surface area contributed by atoms with Gasteiger partial charge in [-0.05, 0) is 43.9 Å². The Hall–Kier alpha value is -1.83. The molecule has 1 aromatic carbocycles. The van der Waals surface area contributed by atoms with E-state index in [-0.39, 0.29) is 12.1 Å². The average Bonchev–Trinajstić information content (AvgIpc) is 2.61. The van der Waals surface area contributed by atoms with Crippen LogP contribution < -0.4 is 9.64 Å². The zero-order valence-electron chi connectivity index (χ0n) is 14.3. The fraction of sp³-hybridized carbons (Fsp3) is 0.444. The van der Waals surface area contributed by atoms with E-state index in [2.05, 4.69) is 25.9 Å². The predicted molar refractivity (Wildman–Crippen MR) is 96.7 cm³/mol. The quantitative estimate of drug-likeness (QED) is 0.621. The zero-order valence-corrected chi connectivity index (χ0v) is 15.8. The number of ether oxygens (including phenoxy) is 1. The second-order valence-corrected chi connectivity index (χ2v) is 7.22. The van der Waals surface area contributed by atoms with Crippen molar-refractivity contribution in [2.75, 3.05) is 11.9 Å². The van der Waals surface area contributed by atoms with Crippen LogP contribution >= 0.6 is 15.9 Å². The molecule has 0 saturated heterocycles. The van der Waals surface area contributed by atoms with Gasteiger partial charge >= 0.3 is 6.18 Å². The van der Waals surface area contributed by atoms with Crippen molar-refractivity contribution in [1.29, 1.82) is 0 Å². The largest absolute Gasteiger partial charge is 0.474 e. The van der Waals surface area contributed by atoms with E-state index in [9.17, 15) is 13.2 Å². The summed E-state index contributed by atoms with van der Waals surface area (Å²) in [7, 11) is 1.70. The number of halogens is 4. The monoisotopic (exact) mass is 429 g/mol. The summed E-state index contributed by atoms with van der Waals surface area (Å²) in [6.45, 7) is 0. The molecule has 0 N–H and O–H groups in total. The Balaban J connectivity index is 1.93. The maximum absolute atomic E-state index is 13.3. The van der Waals surface area contributed by atoms with E-state index >= 15 is 0 Å². The van der Waals surface area contributed by atoms with Gasteiger partial charge in [0, 0.05) is 23.4 Å². The predicted octanol–water partition coefficient (Wildman–Crippen LogP) is 5.74. The summed E-state index contributed by atoms with van der Waals surface area (Å²) in [6.07, 6.45) is 0.516. The molecule has 1 aliphatic carbocycles. The van der Waals surface area contributed by atoms with Gasteiger partial charge in [0.2, 0.25) is 11.8 Å². The number of anilines is 2. The summed E-state index contributed by atoms with van der Waals surface area (Å²) >= 11 is 3.38. The van der Waals surface area contributed by atoms with Gasteiger partial charge in [0.05, 0.1) is 0 Å². The highest BCUT2D eigenvalue weighted by Gasteiger charge is 2.37. The standard InChI is InChI=1S/C18H19BrF3N3O/c1-25(13-7-5-6-12(19)10-13)17-23-11-15(18(20,21)22)16(24-17)26-14-8-3-2-4-9-14/h5-7,10-11,14H,2-4,8-9H2,1H3. The van der Waals surface area contributed by atoms with Gasteiger partial charge in [0.1, 0.15) is 11.7 Å². The second kappa shape index (κ2) is 7.82. The van der Waals surface area contributed by atoms with E-state index in [1.807, 2.05) is 24.3 Å². The van der Waals surface area contributed by atoms with Crippen LogP contribution in [0.4, 0.5) is 24.8 Å². The number of nitrogens with zero attached hydrogens (tertiary/aromatic N) is 3. The molecule has 140 valence electrons. The van der Waals surface area contributed by atoms with Crippen molar-refractivity contribution in [1.82, 2.24) is 9.97 Å². The molecule has 1 fully saturated rings. The van der Waals surface area contributed by atoms with Gasteiger partial charge in [-0.15, -0.1) is 0 Å². The van der Waals surface area contributed by atoms with E-state index < -0.39 is 17.6 Å². The fourth-order valence-electron chi connectivity index (χ4n) is 2.94. The van der Waals surface area contributed by atoms with Gasteiger partial charge < -0.3 is 9.64 Å². The third-order valence-corrected chi connectivity index (χ3v) is 4.87. The van der Waals surface area contributed by atoms with Crippen LogP contribution in [-0.4, -0.2) is 23.1 Å². The van der Waals surface area contributed by atoms with Crippen molar-refractivity contribution in [3.8, 4) is 5.88 Å². The molecule has 0 unspecified atom stereocenters. The molecule has 0 aliphatic heterocycles. The summed E-state index contributed by atoms with van der Waals surface area (Å²) in [6, 6.07) is 7.36. The molecule has 1 saturated carbocycles. The number of aromatic nitrogens is 2. The van der Waals surface area contributed by atoms with Gasteiger partial charge in [0.15, 0.2) is 0 Å². The molecule has 8 heteroatoms. The summed E-state index contributed by atoms with van der Waals surface area (Å²) in [5, 5.41) is 0. The summed E-state index contributed by atoms with van der Waals surface area (Å²) < 4.78 is 46.5. The molecular formula is C18H19BrF3N3O. The molecule has 0 amide bonds. The molecule has 0 atom stereocenters. The third-order valence-electron chi connectivity index (χ3n) is 4.37. The maximum atomic E-state index is 13.3. The average molecular weight is 430 g/mol. The number of benzene rings is 1. The minimum Gasteiger partial charge on any atom is -0.474 e. The zero-order chi connectivity index (χ0) is 18.7. The fourth-order valence-corrected chi connectivity index (χ4v) is 3.33. The molecule has 26 heavy (non-hydrogen) atoms. The maximum Gasteiger partial charge on any atom is 0.423 e. The van der Waals surface area contributed by atoms with Crippen LogP contribution in [0.3, 0.4) is 0 Å². The summed E-state index contributed by atoms with van der Waals surface area (Å²) in [5.74, 6) is -0.238. The Kier molecular flexibility index (Phi) is 5.70. The van der Waals surface area contributed by atoms with Crippen molar-refractivity contribution in [3.05, 3.63) is 40.5 Å². The Bertz CT molecular complexity index is 764. The molecule has 1 heterocycles. The lowest BCUT2D eigenvalue weighted by atomic mass is 9.98. The minimum absolute atomic E-state index is 0.155. The molecule has 1 aliphatic rings. The van der Waals surface area contributed by atoms with Crippen LogP contribution in [0, 0.1) is 0 Å². The van der Waals surface area contributed by atoms with E-state index in [1.165, 1.54) is 0 Å². The van der Waals surface area contributed by atoms with Crippen molar-refractivity contribution in [2.45, 2.75) is 44.4 Å². The smallest absolute Gasteiger partial charge is 0.423 e. The minimum atomic E-state index is -4.56. The molecule has 0 spiro atoms. The van der Waals surface area contributed by atoms with E-state index in [1.54, 1.807) is 11.9 Å². The molecule has 1 aromatic heterocycles. The van der Waals surface area contributed by atoms with E-state index in [0.29, 0.717) is 0 Å². The van der Waals surface area contributed by atoms with Crippen LogP contribution in [0.15, 0.2) is 34.9 Å². The topological polar surface area (TPSA) is 38.2 Å². The van der Waals surface area contributed by atoms with Crippen molar-refractivity contribution in [2.24, 2.45) is 0 Å². The van der Waals surface area contributed by atoms with E-state index in [4.69, 9.17) is 4.74 Å². The second-order valence-electron chi connectivity index (χ2n) is 6.30. The highest BCUT2D eigenvalue weighted by Crippen LogP contribution is 2.37. The molecular weight excluding hydrogens is 411 g/mol. The van der Waals surface area contributed by atoms with Crippen LogP contribution in [0.25, 0.3) is 0 Å². The first-order chi connectivity index (χ1) is 12.3. The van der Waals surface area contributed by atoms with Gasteiger partial charge in [-0.25, -0.2) is 4.98 Å². The van der Waals surface area contributed by atoms with Crippen molar-refractivity contribution >= 4 is 27.6 Å². The molecule has 0 radical (unpaired) electrons. The number of rotatable bonds is 4. The van der Waals surface area contributed by atoms with Crippen molar-refractivity contribution in [3.63, 3.8) is 0 Å². The number of hydrogen-bond acceptors (Lipinski definition) is 4. The van der Waals surface area contributed by atoms with Gasteiger partial charge in [0.25, 0.3) is 0 Å². The van der Waals surface area contributed by atoms with E-state index in [0.717, 1.165) is 48.5 Å². The summed E-state index contributed by atoms with van der Waals surface area (Å²) in [4.78, 5) is 9.62. The lowest BCUT2D eigenvalue weighted by Crippen LogP contribution is -2.23. The highest BCUT2D eigenvalue weighted by atomic mass is 79.9. The Labute approximate surface area is 158 Å². The first-order valence-corrected chi connectivity index (χ1v) is 9.24. The first kappa shape index (κ1) is 18.9. The first-order valence-electron chi connectivity index (χ1n) is 8.45. The lowest BCUT2D eigenvalue weighted by Gasteiger charge is -2.25. The highest BCUT2D eigenvalue weighted by molar-refractivity contribution is 9.10. The number of alkyl halides is 3. The number of hydrogen-bond donors (Lipinski definition) is 0. The van der Waals surface area contributed by atoms with Gasteiger partial charge in [-0.3, -0.25) is 0 Å². The third kappa shape index (κ3) is 4.47. The Morgan fingerprint density at radius 2 is 1.92 bits per heavy atom.